The number of ether oxygens (including phenoxy) is 1. The average Bonchev–Trinajstić information content (AvgIpc) is 2.94. The molecule has 2 rings (SSSR count). The lowest BCUT2D eigenvalue weighted by atomic mass is 10.2. The normalized spacial score (nSPS) is 10.0. The summed E-state index contributed by atoms with van der Waals surface area (Å²) in [5, 5.41) is 7.86. The van der Waals surface area contributed by atoms with E-state index in [2.05, 4.69) is 10.6 Å². The van der Waals surface area contributed by atoms with E-state index in [1.807, 2.05) is 0 Å². The minimum absolute atomic E-state index is 0.260. The first-order valence-corrected chi connectivity index (χ1v) is 7.27. The van der Waals surface area contributed by atoms with Gasteiger partial charge in [0.1, 0.15) is 10.8 Å². The van der Waals surface area contributed by atoms with Crippen LogP contribution in [-0.2, 0) is 0 Å². The lowest BCUT2D eigenvalue weighted by Crippen LogP contribution is -2.20. The maximum Gasteiger partial charge on any atom is 0.260 e. The first-order valence-electron chi connectivity index (χ1n) is 6.01. The summed E-state index contributed by atoms with van der Waals surface area (Å²) in [5.74, 6) is -0.235. The van der Waals surface area contributed by atoms with Gasteiger partial charge < -0.3 is 15.4 Å². The minimum Gasteiger partial charge on any atom is -0.496 e. The van der Waals surface area contributed by atoms with Gasteiger partial charge in [0.2, 0.25) is 0 Å². The quantitative estimate of drug-likeness (QED) is 0.908. The van der Waals surface area contributed by atoms with E-state index in [0.717, 1.165) is 0 Å². The zero-order valence-electron chi connectivity index (χ0n) is 11.4. The number of hydrogen-bond acceptors (Lipinski definition) is 4. The van der Waals surface area contributed by atoms with Crippen molar-refractivity contribution in [1.29, 1.82) is 0 Å². The summed E-state index contributed by atoms with van der Waals surface area (Å²) in [6.07, 6.45) is 0. The zero-order valence-corrected chi connectivity index (χ0v) is 13.0. The zero-order chi connectivity index (χ0) is 15.4. The number of carbonyl (C=O) groups excluding carboxylic acids is 2. The number of anilines is 1. The Hall–Kier alpha value is -2.05. The highest BCUT2D eigenvalue weighted by Crippen LogP contribution is 2.27. The Morgan fingerprint density at radius 3 is 2.62 bits per heavy atom. The standard InChI is InChI=1S/C14H13ClN2O3S/c1-16-12(18)9-5-6-21-14(9)17-13(19)10-7-8(15)3-4-11(10)20-2/h3-7H,1-2H3,(H,16,18)(H,17,19). The van der Waals surface area contributed by atoms with Crippen molar-refractivity contribution in [2.24, 2.45) is 0 Å². The maximum atomic E-state index is 12.3. The number of carbonyl (C=O) groups is 2. The molecule has 1 heterocycles. The van der Waals surface area contributed by atoms with Crippen molar-refractivity contribution in [3.8, 4) is 5.75 Å². The van der Waals surface area contributed by atoms with Gasteiger partial charge in [0, 0.05) is 12.1 Å². The number of hydrogen-bond donors (Lipinski definition) is 2. The van der Waals surface area contributed by atoms with Crippen LogP contribution in [-0.4, -0.2) is 26.0 Å². The van der Waals surface area contributed by atoms with E-state index in [-0.39, 0.29) is 11.8 Å². The third-order valence-corrected chi connectivity index (χ3v) is 3.84. The van der Waals surface area contributed by atoms with Crippen LogP contribution in [0.15, 0.2) is 29.6 Å². The molecule has 2 aromatic rings. The Kier molecular flexibility index (Phi) is 4.82. The van der Waals surface area contributed by atoms with Gasteiger partial charge in [-0.2, -0.15) is 0 Å². The third-order valence-electron chi connectivity index (χ3n) is 2.77. The Labute approximate surface area is 130 Å². The molecule has 0 bridgehead atoms. The van der Waals surface area contributed by atoms with Gasteiger partial charge in [0.05, 0.1) is 18.2 Å². The Morgan fingerprint density at radius 2 is 1.95 bits per heavy atom. The van der Waals surface area contributed by atoms with Gasteiger partial charge in [0.15, 0.2) is 0 Å². The van der Waals surface area contributed by atoms with Crippen LogP contribution in [0.4, 0.5) is 5.00 Å². The molecule has 1 aromatic carbocycles. The predicted molar refractivity (Wildman–Crippen MR) is 83.7 cm³/mol. The molecule has 0 atom stereocenters. The highest BCUT2D eigenvalue weighted by Gasteiger charge is 2.17. The Bertz CT molecular complexity index is 685. The molecule has 2 amide bonds. The van der Waals surface area contributed by atoms with E-state index in [1.54, 1.807) is 23.6 Å². The van der Waals surface area contributed by atoms with Crippen molar-refractivity contribution in [3.05, 3.63) is 45.8 Å². The summed E-state index contributed by atoms with van der Waals surface area (Å²) in [7, 11) is 3.01. The molecule has 21 heavy (non-hydrogen) atoms. The van der Waals surface area contributed by atoms with Crippen molar-refractivity contribution in [2.45, 2.75) is 0 Å². The van der Waals surface area contributed by atoms with Crippen molar-refractivity contribution < 1.29 is 14.3 Å². The number of methoxy groups -OCH3 is 1. The molecule has 0 aliphatic heterocycles. The summed E-state index contributed by atoms with van der Waals surface area (Å²) in [5.41, 5.74) is 0.720. The summed E-state index contributed by atoms with van der Waals surface area (Å²) in [4.78, 5) is 24.0. The second kappa shape index (κ2) is 6.60. The molecule has 5 nitrogen and oxygen atoms in total. The molecular weight excluding hydrogens is 312 g/mol. The van der Waals surface area contributed by atoms with E-state index in [0.29, 0.717) is 26.9 Å². The summed E-state index contributed by atoms with van der Waals surface area (Å²) >= 11 is 7.17. The van der Waals surface area contributed by atoms with E-state index >= 15 is 0 Å². The van der Waals surface area contributed by atoms with Crippen LogP contribution in [0.5, 0.6) is 5.75 Å². The molecule has 7 heteroatoms. The summed E-state index contributed by atoms with van der Waals surface area (Å²) in [6, 6.07) is 6.42. The fraction of sp³-hybridized carbons (Fsp3) is 0.143. The van der Waals surface area contributed by atoms with Crippen LogP contribution in [0.2, 0.25) is 5.02 Å². The second-order valence-electron chi connectivity index (χ2n) is 4.04. The Balaban J connectivity index is 2.29. The summed E-state index contributed by atoms with van der Waals surface area (Å²) in [6.45, 7) is 0. The van der Waals surface area contributed by atoms with Gasteiger partial charge >= 0.3 is 0 Å². The van der Waals surface area contributed by atoms with Crippen LogP contribution < -0.4 is 15.4 Å². The van der Waals surface area contributed by atoms with Crippen LogP contribution in [0.3, 0.4) is 0 Å². The third kappa shape index (κ3) is 3.34. The first kappa shape index (κ1) is 15.3. The number of thiophene rings is 1. The molecule has 0 unspecified atom stereocenters. The van der Waals surface area contributed by atoms with Gasteiger partial charge in [-0.25, -0.2) is 0 Å². The topological polar surface area (TPSA) is 67.4 Å². The molecule has 1 aromatic heterocycles. The maximum absolute atomic E-state index is 12.3. The molecule has 2 N–H and O–H groups in total. The fourth-order valence-electron chi connectivity index (χ4n) is 1.75. The van der Waals surface area contributed by atoms with E-state index in [9.17, 15) is 9.59 Å². The van der Waals surface area contributed by atoms with Gasteiger partial charge in [0.25, 0.3) is 11.8 Å². The van der Waals surface area contributed by atoms with Crippen molar-refractivity contribution >= 4 is 39.8 Å². The number of rotatable bonds is 4. The fourth-order valence-corrected chi connectivity index (χ4v) is 2.70. The predicted octanol–water partition coefficient (Wildman–Crippen LogP) is 3.02. The molecule has 0 aliphatic rings. The second-order valence-corrected chi connectivity index (χ2v) is 5.39. The van der Waals surface area contributed by atoms with Gasteiger partial charge in [-0.1, -0.05) is 11.6 Å². The SMILES string of the molecule is CNC(=O)c1ccsc1NC(=O)c1cc(Cl)ccc1OC. The lowest BCUT2D eigenvalue weighted by Gasteiger charge is -2.09. The number of benzene rings is 1. The van der Waals surface area contributed by atoms with Crippen molar-refractivity contribution in [2.75, 3.05) is 19.5 Å². The van der Waals surface area contributed by atoms with Gasteiger partial charge in [-0.3, -0.25) is 9.59 Å². The van der Waals surface area contributed by atoms with Crippen LogP contribution >= 0.6 is 22.9 Å². The van der Waals surface area contributed by atoms with E-state index in [4.69, 9.17) is 16.3 Å². The molecule has 110 valence electrons. The molecule has 0 saturated heterocycles. The molecular formula is C14H13ClN2O3S. The molecule has 0 radical (unpaired) electrons. The largest absolute Gasteiger partial charge is 0.496 e. The Morgan fingerprint density at radius 1 is 1.19 bits per heavy atom. The number of nitrogens with one attached hydrogen (secondary N) is 2. The minimum atomic E-state index is -0.387. The van der Waals surface area contributed by atoms with Crippen LogP contribution in [0.1, 0.15) is 20.7 Å². The van der Waals surface area contributed by atoms with Crippen molar-refractivity contribution in [1.82, 2.24) is 5.32 Å². The first-order chi connectivity index (χ1) is 10.1. The molecule has 0 saturated carbocycles. The van der Waals surface area contributed by atoms with Crippen LogP contribution in [0, 0.1) is 0 Å². The highest BCUT2D eigenvalue weighted by atomic mass is 35.5. The monoisotopic (exact) mass is 324 g/mol. The lowest BCUT2D eigenvalue weighted by molar-refractivity contribution is 0.0964. The number of amides is 2. The highest BCUT2D eigenvalue weighted by molar-refractivity contribution is 7.14. The van der Waals surface area contributed by atoms with Gasteiger partial charge in [-0.15, -0.1) is 11.3 Å². The van der Waals surface area contributed by atoms with Crippen molar-refractivity contribution in [3.63, 3.8) is 0 Å². The number of halogens is 1. The smallest absolute Gasteiger partial charge is 0.260 e. The molecule has 0 aliphatic carbocycles. The van der Waals surface area contributed by atoms with E-state index < -0.39 is 0 Å². The van der Waals surface area contributed by atoms with Gasteiger partial charge in [-0.05, 0) is 29.6 Å². The van der Waals surface area contributed by atoms with Crippen LogP contribution in [0.25, 0.3) is 0 Å². The molecule has 0 fully saturated rings. The molecule has 0 spiro atoms. The summed E-state index contributed by atoms with van der Waals surface area (Å²) < 4.78 is 5.14. The van der Waals surface area contributed by atoms with E-state index in [1.165, 1.54) is 31.6 Å². The average molecular weight is 325 g/mol.